The van der Waals surface area contributed by atoms with Crippen molar-refractivity contribution < 1.29 is 14.3 Å². The summed E-state index contributed by atoms with van der Waals surface area (Å²) in [5.74, 6) is 1.98. The number of esters is 1. The molecule has 0 aromatic rings. The number of carbonyl (C=O) groups is 2. The molecule has 0 aromatic heterocycles. The van der Waals surface area contributed by atoms with Crippen LogP contribution in [0.3, 0.4) is 0 Å². The fourth-order valence-corrected chi connectivity index (χ4v) is 2.06. The van der Waals surface area contributed by atoms with Crippen molar-refractivity contribution in [3.05, 3.63) is 0 Å². The Labute approximate surface area is 108 Å². The van der Waals surface area contributed by atoms with Gasteiger partial charge in [-0.2, -0.15) is 0 Å². The first-order chi connectivity index (χ1) is 8.67. The van der Waals surface area contributed by atoms with E-state index in [1.54, 1.807) is 6.92 Å². The van der Waals surface area contributed by atoms with Crippen LogP contribution < -0.4 is 5.32 Å². The maximum Gasteiger partial charge on any atom is 0.310 e. The monoisotopic (exact) mass is 252 g/mol. The summed E-state index contributed by atoms with van der Waals surface area (Å²) in [6.45, 7) is 4.15. The van der Waals surface area contributed by atoms with Crippen molar-refractivity contribution >= 4 is 11.9 Å². The van der Waals surface area contributed by atoms with Crippen LogP contribution in [0.2, 0.25) is 0 Å². The van der Waals surface area contributed by atoms with E-state index in [0.29, 0.717) is 13.2 Å². The lowest BCUT2D eigenvalue weighted by Gasteiger charge is -2.30. The number of rotatable bonds is 5. The van der Waals surface area contributed by atoms with Gasteiger partial charge in [0.1, 0.15) is 0 Å². The largest absolute Gasteiger partial charge is 0.466 e. The first-order valence-electron chi connectivity index (χ1n) is 6.26. The molecule has 1 N–H and O–H groups in total. The number of likely N-dealkylation sites (tertiary alicyclic amines) is 1. The van der Waals surface area contributed by atoms with Crippen LogP contribution >= 0.6 is 0 Å². The fraction of sp³-hybridized carbons (Fsp3) is 0.692. The maximum absolute atomic E-state index is 11.6. The van der Waals surface area contributed by atoms with Gasteiger partial charge in [-0.15, -0.1) is 6.42 Å². The van der Waals surface area contributed by atoms with Crippen molar-refractivity contribution in [3.8, 4) is 12.3 Å². The number of nitrogens with zero attached hydrogens (tertiary/aromatic N) is 1. The third kappa shape index (κ3) is 4.76. The third-order valence-electron chi connectivity index (χ3n) is 2.88. The third-order valence-corrected chi connectivity index (χ3v) is 2.88. The van der Waals surface area contributed by atoms with E-state index < -0.39 is 0 Å². The zero-order valence-corrected chi connectivity index (χ0v) is 10.8. The SMILES string of the molecule is C#CCNC(=O)CN1CCC[C@@H](C(=O)OCC)C1. The van der Waals surface area contributed by atoms with Crippen LogP contribution in [-0.4, -0.2) is 49.6 Å². The highest BCUT2D eigenvalue weighted by atomic mass is 16.5. The summed E-state index contributed by atoms with van der Waals surface area (Å²) >= 11 is 0. The van der Waals surface area contributed by atoms with Crippen molar-refractivity contribution in [1.29, 1.82) is 0 Å². The predicted octanol–water partition coefficient (Wildman–Crippen LogP) is 0.0109. The summed E-state index contributed by atoms with van der Waals surface area (Å²) in [5, 5.41) is 2.62. The molecule has 1 aliphatic rings. The minimum atomic E-state index is -0.161. The van der Waals surface area contributed by atoms with Gasteiger partial charge in [0.05, 0.1) is 25.6 Å². The second-order valence-electron chi connectivity index (χ2n) is 4.31. The number of hydrogen-bond acceptors (Lipinski definition) is 4. The van der Waals surface area contributed by atoms with Gasteiger partial charge in [0.25, 0.3) is 0 Å². The van der Waals surface area contributed by atoms with Crippen LogP contribution in [0.4, 0.5) is 0 Å². The van der Waals surface area contributed by atoms with Crippen molar-refractivity contribution in [2.45, 2.75) is 19.8 Å². The molecule has 1 fully saturated rings. The fourth-order valence-electron chi connectivity index (χ4n) is 2.06. The molecule has 0 aliphatic carbocycles. The molecule has 1 atom stereocenters. The number of ether oxygens (including phenoxy) is 1. The lowest BCUT2D eigenvalue weighted by Crippen LogP contribution is -2.44. The second kappa shape index (κ2) is 7.72. The number of piperidine rings is 1. The Hall–Kier alpha value is -1.54. The Bertz CT molecular complexity index is 336. The molecule has 5 nitrogen and oxygen atoms in total. The van der Waals surface area contributed by atoms with Crippen molar-refractivity contribution in [3.63, 3.8) is 0 Å². The lowest BCUT2D eigenvalue weighted by atomic mass is 9.98. The molecule has 5 heteroatoms. The van der Waals surface area contributed by atoms with Crippen molar-refractivity contribution in [2.75, 3.05) is 32.8 Å². The van der Waals surface area contributed by atoms with Gasteiger partial charge in [0.2, 0.25) is 5.91 Å². The van der Waals surface area contributed by atoms with E-state index >= 15 is 0 Å². The quantitative estimate of drug-likeness (QED) is 0.553. The molecule has 1 amide bonds. The number of hydrogen-bond donors (Lipinski definition) is 1. The van der Waals surface area contributed by atoms with Gasteiger partial charge in [-0.25, -0.2) is 0 Å². The van der Waals surface area contributed by atoms with Gasteiger partial charge < -0.3 is 10.1 Å². The minimum absolute atomic E-state index is 0.0996. The van der Waals surface area contributed by atoms with Gasteiger partial charge in [-0.3, -0.25) is 14.5 Å². The van der Waals surface area contributed by atoms with E-state index in [0.717, 1.165) is 19.4 Å². The molecule has 1 aliphatic heterocycles. The van der Waals surface area contributed by atoms with Crippen LogP contribution in [-0.2, 0) is 14.3 Å². The molecular weight excluding hydrogens is 232 g/mol. The number of carbonyl (C=O) groups excluding carboxylic acids is 2. The first kappa shape index (κ1) is 14.5. The molecule has 0 unspecified atom stereocenters. The summed E-state index contributed by atoms with van der Waals surface area (Å²) < 4.78 is 5.01. The first-order valence-corrected chi connectivity index (χ1v) is 6.26. The number of nitrogens with one attached hydrogen (secondary N) is 1. The standard InChI is InChI=1S/C13H20N2O3/c1-3-7-14-12(16)10-15-8-5-6-11(9-15)13(17)18-4-2/h1,11H,4-10H2,2H3,(H,14,16)/t11-/m1/s1. The maximum atomic E-state index is 11.6. The van der Waals surface area contributed by atoms with E-state index in [-0.39, 0.29) is 30.9 Å². The minimum Gasteiger partial charge on any atom is -0.466 e. The van der Waals surface area contributed by atoms with Gasteiger partial charge in [-0.1, -0.05) is 5.92 Å². The molecule has 0 saturated carbocycles. The van der Waals surface area contributed by atoms with E-state index in [4.69, 9.17) is 11.2 Å². The molecule has 0 bridgehead atoms. The predicted molar refractivity (Wildman–Crippen MR) is 67.6 cm³/mol. The van der Waals surface area contributed by atoms with Crippen molar-refractivity contribution in [1.82, 2.24) is 10.2 Å². The Morgan fingerprint density at radius 3 is 3.00 bits per heavy atom. The highest BCUT2D eigenvalue weighted by molar-refractivity contribution is 5.78. The summed E-state index contributed by atoms with van der Waals surface area (Å²) in [5.41, 5.74) is 0. The van der Waals surface area contributed by atoms with E-state index in [9.17, 15) is 9.59 Å². The molecule has 0 spiro atoms. The van der Waals surface area contributed by atoms with E-state index in [1.165, 1.54) is 0 Å². The number of terminal acetylenes is 1. The van der Waals surface area contributed by atoms with Crippen LogP contribution in [0.15, 0.2) is 0 Å². The second-order valence-corrected chi connectivity index (χ2v) is 4.31. The average Bonchev–Trinajstić information content (AvgIpc) is 2.37. The molecule has 1 saturated heterocycles. The zero-order valence-electron chi connectivity index (χ0n) is 10.8. The van der Waals surface area contributed by atoms with Crippen LogP contribution in [0.1, 0.15) is 19.8 Å². The molecule has 0 radical (unpaired) electrons. The van der Waals surface area contributed by atoms with Crippen LogP contribution in [0.25, 0.3) is 0 Å². The molecule has 100 valence electrons. The van der Waals surface area contributed by atoms with Crippen LogP contribution in [0, 0.1) is 18.3 Å². The molecular formula is C13H20N2O3. The highest BCUT2D eigenvalue weighted by Gasteiger charge is 2.27. The average molecular weight is 252 g/mol. The Kier molecular flexibility index (Phi) is 6.23. The van der Waals surface area contributed by atoms with Gasteiger partial charge in [0.15, 0.2) is 0 Å². The Morgan fingerprint density at radius 1 is 1.56 bits per heavy atom. The molecule has 0 aromatic carbocycles. The summed E-state index contributed by atoms with van der Waals surface area (Å²) in [6.07, 6.45) is 6.81. The summed E-state index contributed by atoms with van der Waals surface area (Å²) in [7, 11) is 0. The van der Waals surface area contributed by atoms with Crippen LogP contribution in [0.5, 0.6) is 0 Å². The highest BCUT2D eigenvalue weighted by Crippen LogP contribution is 2.17. The molecule has 1 heterocycles. The normalized spacial score (nSPS) is 19.9. The Balaban J connectivity index is 2.37. The van der Waals surface area contributed by atoms with Gasteiger partial charge in [0, 0.05) is 6.54 Å². The van der Waals surface area contributed by atoms with Crippen molar-refractivity contribution in [2.24, 2.45) is 5.92 Å². The molecule has 18 heavy (non-hydrogen) atoms. The van der Waals surface area contributed by atoms with Gasteiger partial charge >= 0.3 is 5.97 Å². The van der Waals surface area contributed by atoms with E-state index in [1.807, 2.05) is 4.90 Å². The summed E-state index contributed by atoms with van der Waals surface area (Å²) in [4.78, 5) is 25.1. The summed E-state index contributed by atoms with van der Waals surface area (Å²) in [6, 6.07) is 0. The zero-order chi connectivity index (χ0) is 13.4. The van der Waals surface area contributed by atoms with Gasteiger partial charge in [-0.05, 0) is 26.3 Å². The lowest BCUT2D eigenvalue weighted by molar-refractivity contribution is -0.150. The molecule has 1 rings (SSSR count). The number of amides is 1. The smallest absolute Gasteiger partial charge is 0.310 e. The Morgan fingerprint density at radius 2 is 2.33 bits per heavy atom. The van der Waals surface area contributed by atoms with E-state index in [2.05, 4.69) is 11.2 Å². The topological polar surface area (TPSA) is 58.6 Å².